The first kappa shape index (κ1) is 15.6. The number of rotatable bonds is 7. The van der Waals surface area contributed by atoms with E-state index in [9.17, 15) is 4.39 Å². The van der Waals surface area contributed by atoms with Gasteiger partial charge in [0, 0.05) is 12.5 Å². The van der Waals surface area contributed by atoms with E-state index in [2.05, 4.69) is 0 Å². The molecule has 0 amide bonds. The Morgan fingerprint density at radius 1 is 1.00 bits per heavy atom. The van der Waals surface area contributed by atoms with E-state index in [4.69, 9.17) is 19.5 Å². The molecule has 0 radical (unpaired) electrons. The van der Waals surface area contributed by atoms with Crippen molar-refractivity contribution in [1.29, 1.82) is 5.26 Å². The second-order valence-electron chi connectivity index (χ2n) is 4.48. The van der Waals surface area contributed by atoms with Crippen molar-refractivity contribution >= 4 is 0 Å². The molecular formula is C17H16FNO3. The van der Waals surface area contributed by atoms with E-state index in [1.807, 2.05) is 6.07 Å². The van der Waals surface area contributed by atoms with Crippen LogP contribution < -0.4 is 14.2 Å². The quantitative estimate of drug-likeness (QED) is 0.734. The Morgan fingerprint density at radius 2 is 1.73 bits per heavy atom. The second-order valence-corrected chi connectivity index (χ2v) is 4.48. The molecule has 0 bridgehead atoms. The molecule has 5 heteroatoms. The van der Waals surface area contributed by atoms with Gasteiger partial charge in [-0.25, -0.2) is 4.39 Å². The molecule has 0 spiro atoms. The molecule has 0 aliphatic rings. The lowest BCUT2D eigenvalue weighted by Gasteiger charge is -2.11. The number of halogens is 1. The molecule has 2 rings (SSSR count). The first-order valence-corrected chi connectivity index (χ1v) is 6.82. The molecule has 0 N–H and O–H groups in total. The number of ether oxygens (including phenoxy) is 3. The minimum atomic E-state index is -0.288. The van der Waals surface area contributed by atoms with Crippen LogP contribution in [0.5, 0.6) is 17.2 Å². The third-order valence-electron chi connectivity index (χ3n) is 2.92. The predicted molar refractivity (Wildman–Crippen MR) is 79.7 cm³/mol. The minimum Gasteiger partial charge on any atom is -0.493 e. The Morgan fingerprint density at radius 3 is 2.41 bits per heavy atom. The molecule has 0 fully saturated rings. The largest absolute Gasteiger partial charge is 0.493 e. The summed E-state index contributed by atoms with van der Waals surface area (Å²) in [5.41, 5.74) is 0.517. The van der Waals surface area contributed by atoms with E-state index in [1.54, 1.807) is 30.3 Å². The summed E-state index contributed by atoms with van der Waals surface area (Å²) >= 11 is 0. The summed E-state index contributed by atoms with van der Waals surface area (Å²) in [6.07, 6.45) is 0.667. The highest BCUT2D eigenvalue weighted by molar-refractivity contribution is 5.46. The van der Waals surface area contributed by atoms with E-state index in [0.29, 0.717) is 42.4 Å². The van der Waals surface area contributed by atoms with Gasteiger partial charge in [0.2, 0.25) is 0 Å². The zero-order valence-corrected chi connectivity index (χ0v) is 12.2. The second kappa shape index (κ2) is 7.89. The van der Waals surface area contributed by atoms with Gasteiger partial charge in [-0.05, 0) is 36.4 Å². The summed E-state index contributed by atoms with van der Waals surface area (Å²) in [5, 5.41) is 8.83. The molecule has 4 nitrogen and oxygen atoms in total. The predicted octanol–water partition coefficient (Wildman–Crippen LogP) is 3.55. The van der Waals surface area contributed by atoms with E-state index < -0.39 is 0 Å². The average molecular weight is 301 g/mol. The SMILES string of the molecule is COc1cc(C#N)ccc1OCCCOc1ccc(F)cc1. The first-order chi connectivity index (χ1) is 10.7. The topological polar surface area (TPSA) is 51.5 Å². The van der Waals surface area contributed by atoms with Crippen molar-refractivity contribution in [2.24, 2.45) is 0 Å². The van der Waals surface area contributed by atoms with Crippen LogP contribution in [0.3, 0.4) is 0 Å². The van der Waals surface area contributed by atoms with Crippen LogP contribution in [0.1, 0.15) is 12.0 Å². The van der Waals surface area contributed by atoms with Gasteiger partial charge >= 0.3 is 0 Å². The Labute approximate surface area is 128 Å². The lowest BCUT2D eigenvalue weighted by Crippen LogP contribution is -2.05. The van der Waals surface area contributed by atoms with E-state index in [1.165, 1.54) is 19.2 Å². The highest BCUT2D eigenvalue weighted by Gasteiger charge is 2.05. The fraction of sp³-hybridized carbons (Fsp3) is 0.235. The number of benzene rings is 2. The Hall–Kier alpha value is -2.74. The van der Waals surface area contributed by atoms with Crippen molar-refractivity contribution in [2.45, 2.75) is 6.42 Å². The van der Waals surface area contributed by atoms with Gasteiger partial charge in [0.1, 0.15) is 11.6 Å². The molecule has 0 aliphatic carbocycles. The molecule has 0 saturated heterocycles. The van der Waals surface area contributed by atoms with Crippen LogP contribution in [-0.4, -0.2) is 20.3 Å². The standard InChI is InChI=1S/C17H16FNO3/c1-20-17-11-13(12-19)3-8-16(17)22-10-2-9-21-15-6-4-14(18)5-7-15/h3-8,11H,2,9-10H2,1H3. The van der Waals surface area contributed by atoms with Crippen LogP contribution in [0.25, 0.3) is 0 Å². The molecular weight excluding hydrogens is 285 g/mol. The van der Waals surface area contributed by atoms with Crippen LogP contribution in [-0.2, 0) is 0 Å². The van der Waals surface area contributed by atoms with Gasteiger partial charge in [0.15, 0.2) is 11.5 Å². The summed E-state index contributed by atoms with van der Waals surface area (Å²) in [6.45, 7) is 0.910. The fourth-order valence-corrected chi connectivity index (χ4v) is 1.82. The Balaban J connectivity index is 1.77. The highest BCUT2D eigenvalue weighted by atomic mass is 19.1. The molecule has 0 unspecified atom stereocenters. The van der Waals surface area contributed by atoms with Crippen molar-refractivity contribution in [3.8, 4) is 23.3 Å². The number of hydrogen-bond donors (Lipinski definition) is 0. The monoisotopic (exact) mass is 301 g/mol. The van der Waals surface area contributed by atoms with E-state index in [-0.39, 0.29) is 5.82 Å². The van der Waals surface area contributed by atoms with Crippen LogP contribution >= 0.6 is 0 Å². The average Bonchev–Trinajstić information content (AvgIpc) is 2.56. The van der Waals surface area contributed by atoms with Crippen molar-refractivity contribution < 1.29 is 18.6 Å². The van der Waals surface area contributed by atoms with Gasteiger partial charge in [0.05, 0.1) is 32.0 Å². The third-order valence-corrected chi connectivity index (χ3v) is 2.92. The molecule has 0 heterocycles. The third kappa shape index (κ3) is 4.38. The summed E-state index contributed by atoms with van der Waals surface area (Å²) in [7, 11) is 1.53. The van der Waals surface area contributed by atoms with E-state index in [0.717, 1.165) is 0 Å². The van der Waals surface area contributed by atoms with Crippen molar-refractivity contribution in [1.82, 2.24) is 0 Å². The molecule has 0 saturated carbocycles. The maximum atomic E-state index is 12.7. The van der Waals surface area contributed by atoms with Crippen LogP contribution in [0, 0.1) is 17.1 Å². The van der Waals surface area contributed by atoms with Crippen LogP contribution in [0.15, 0.2) is 42.5 Å². The highest BCUT2D eigenvalue weighted by Crippen LogP contribution is 2.27. The zero-order valence-electron chi connectivity index (χ0n) is 12.2. The summed E-state index contributed by atoms with van der Waals surface area (Å²) in [5.74, 6) is 1.45. The Kier molecular flexibility index (Phi) is 5.61. The van der Waals surface area contributed by atoms with Crippen LogP contribution in [0.2, 0.25) is 0 Å². The number of hydrogen-bond acceptors (Lipinski definition) is 4. The summed E-state index contributed by atoms with van der Waals surface area (Å²) < 4.78 is 29.0. The van der Waals surface area contributed by atoms with Gasteiger partial charge in [-0.2, -0.15) is 5.26 Å². The molecule has 0 aliphatic heterocycles. The normalized spacial score (nSPS) is 9.86. The molecule has 0 atom stereocenters. The molecule has 22 heavy (non-hydrogen) atoms. The number of nitriles is 1. The molecule has 2 aromatic carbocycles. The molecule has 114 valence electrons. The minimum absolute atomic E-state index is 0.288. The maximum absolute atomic E-state index is 12.7. The summed E-state index contributed by atoms with van der Waals surface area (Å²) in [6, 6.07) is 12.9. The zero-order chi connectivity index (χ0) is 15.8. The van der Waals surface area contributed by atoms with Gasteiger partial charge in [0.25, 0.3) is 0 Å². The van der Waals surface area contributed by atoms with Crippen molar-refractivity contribution in [2.75, 3.05) is 20.3 Å². The van der Waals surface area contributed by atoms with Crippen LogP contribution in [0.4, 0.5) is 4.39 Å². The molecule has 0 aromatic heterocycles. The van der Waals surface area contributed by atoms with Gasteiger partial charge in [-0.15, -0.1) is 0 Å². The number of nitrogens with zero attached hydrogens (tertiary/aromatic N) is 1. The maximum Gasteiger partial charge on any atom is 0.162 e. The van der Waals surface area contributed by atoms with Crippen molar-refractivity contribution in [3.63, 3.8) is 0 Å². The first-order valence-electron chi connectivity index (χ1n) is 6.82. The van der Waals surface area contributed by atoms with Gasteiger partial charge in [-0.3, -0.25) is 0 Å². The molecule has 2 aromatic rings. The number of methoxy groups -OCH3 is 1. The fourth-order valence-electron chi connectivity index (χ4n) is 1.82. The van der Waals surface area contributed by atoms with Crippen molar-refractivity contribution in [3.05, 3.63) is 53.8 Å². The van der Waals surface area contributed by atoms with E-state index >= 15 is 0 Å². The van der Waals surface area contributed by atoms with Gasteiger partial charge < -0.3 is 14.2 Å². The lowest BCUT2D eigenvalue weighted by molar-refractivity contribution is 0.240. The van der Waals surface area contributed by atoms with Gasteiger partial charge in [-0.1, -0.05) is 0 Å². The smallest absolute Gasteiger partial charge is 0.162 e. The lowest BCUT2D eigenvalue weighted by atomic mass is 10.2. The summed E-state index contributed by atoms with van der Waals surface area (Å²) in [4.78, 5) is 0. The Bertz CT molecular complexity index is 650.